The summed E-state index contributed by atoms with van der Waals surface area (Å²) in [4.78, 5) is 0. The summed E-state index contributed by atoms with van der Waals surface area (Å²) < 4.78 is 0. The fraction of sp³-hybridized carbons (Fsp3) is 0.900. The number of unbranched alkanes of at least 4 members (excludes halogenated alkanes) is 12. The number of hydrogen-bond donors (Lipinski definition) is 3. The van der Waals surface area contributed by atoms with Crippen LogP contribution in [0.5, 0.6) is 0 Å². The Morgan fingerprint density at radius 1 is 0.708 bits per heavy atom. The van der Waals surface area contributed by atoms with Gasteiger partial charge in [0, 0.05) is 13.5 Å². The van der Waals surface area contributed by atoms with E-state index in [2.05, 4.69) is 24.4 Å². The van der Waals surface area contributed by atoms with Gasteiger partial charge in [0.25, 0.3) is 0 Å². The predicted molar refractivity (Wildman–Crippen MR) is 108 cm³/mol. The molecule has 0 radical (unpaired) electrons. The molecule has 0 aromatic heterocycles. The molecule has 0 atom stereocenters. The molecule has 0 unspecified atom stereocenters. The van der Waals surface area contributed by atoms with Gasteiger partial charge >= 0.3 is 0 Å². The lowest BCUT2D eigenvalue weighted by Gasteiger charge is -2.17. The molecular formula is C20H42ClNO2. The summed E-state index contributed by atoms with van der Waals surface area (Å²) in [6, 6.07) is 0. The average Bonchev–Trinajstić information content (AvgIpc) is 2.49. The first-order valence-electron chi connectivity index (χ1n) is 9.91. The van der Waals surface area contributed by atoms with E-state index in [0.29, 0.717) is 6.54 Å². The van der Waals surface area contributed by atoms with Crippen molar-refractivity contribution in [3.8, 4) is 0 Å². The van der Waals surface area contributed by atoms with Crippen molar-refractivity contribution in [2.45, 2.75) is 110 Å². The van der Waals surface area contributed by atoms with Gasteiger partial charge in [-0.1, -0.05) is 76.9 Å². The van der Waals surface area contributed by atoms with E-state index in [1.54, 1.807) is 0 Å². The third-order valence-corrected chi connectivity index (χ3v) is 4.15. The second-order valence-electron chi connectivity index (χ2n) is 6.89. The zero-order valence-corrected chi connectivity index (χ0v) is 16.9. The Balaban J connectivity index is 0. The van der Waals surface area contributed by atoms with Crippen molar-refractivity contribution in [1.29, 1.82) is 0 Å². The molecular weight excluding hydrogens is 322 g/mol. The van der Waals surface area contributed by atoms with Crippen molar-refractivity contribution >= 4 is 12.4 Å². The van der Waals surface area contributed by atoms with E-state index in [1.807, 2.05) is 0 Å². The number of rotatable bonds is 17. The molecule has 0 aliphatic rings. The van der Waals surface area contributed by atoms with Crippen molar-refractivity contribution in [2.75, 3.05) is 6.54 Å². The highest BCUT2D eigenvalue weighted by atomic mass is 35.5. The first-order chi connectivity index (χ1) is 11.1. The molecule has 0 saturated carbocycles. The molecule has 0 saturated heterocycles. The molecule has 4 heteroatoms. The van der Waals surface area contributed by atoms with Gasteiger partial charge in [-0.15, -0.1) is 12.4 Å². The van der Waals surface area contributed by atoms with Crippen LogP contribution >= 0.6 is 12.4 Å². The summed E-state index contributed by atoms with van der Waals surface area (Å²) in [7, 11) is 0. The van der Waals surface area contributed by atoms with Crippen molar-refractivity contribution in [1.82, 2.24) is 5.32 Å². The zero-order valence-electron chi connectivity index (χ0n) is 16.1. The topological polar surface area (TPSA) is 52.5 Å². The third-order valence-electron chi connectivity index (χ3n) is 4.15. The molecule has 0 aromatic rings. The Bertz CT molecular complexity index is 265. The highest BCUT2D eigenvalue weighted by Crippen LogP contribution is 2.09. The van der Waals surface area contributed by atoms with Crippen molar-refractivity contribution in [2.24, 2.45) is 0 Å². The second kappa shape index (κ2) is 19.2. The zero-order chi connectivity index (χ0) is 17.2. The molecule has 0 fully saturated rings. The highest BCUT2D eigenvalue weighted by molar-refractivity contribution is 5.85. The molecule has 146 valence electrons. The largest absolute Gasteiger partial charge is 0.354 e. The van der Waals surface area contributed by atoms with Crippen LogP contribution in [0.15, 0.2) is 12.2 Å². The van der Waals surface area contributed by atoms with Gasteiger partial charge in [0.1, 0.15) is 0 Å². The van der Waals surface area contributed by atoms with E-state index in [9.17, 15) is 0 Å². The van der Waals surface area contributed by atoms with Crippen LogP contribution in [0.4, 0.5) is 0 Å². The van der Waals surface area contributed by atoms with Crippen LogP contribution in [0.1, 0.15) is 104 Å². The normalized spacial score (nSPS) is 11.8. The van der Waals surface area contributed by atoms with Gasteiger partial charge in [-0.2, -0.15) is 0 Å². The molecule has 24 heavy (non-hydrogen) atoms. The lowest BCUT2D eigenvalue weighted by atomic mass is 10.1. The maximum atomic E-state index is 9.08. The molecule has 0 aliphatic heterocycles. The fourth-order valence-corrected chi connectivity index (χ4v) is 2.70. The molecule has 0 bridgehead atoms. The Morgan fingerprint density at radius 2 is 1.12 bits per heavy atom. The Hall–Kier alpha value is -0.0900. The summed E-state index contributed by atoms with van der Waals surface area (Å²) in [5.74, 6) is -1.72. The van der Waals surface area contributed by atoms with Crippen LogP contribution in [-0.2, 0) is 0 Å². The molecule has 0 rings (SSSR count). The highest BCUT2D eigenvalue weighted by Gasteiger charge is 2.11. The SMILES string of the molecule is CCCCCCCC/C=C\CCCCCCCCNC(C)(O)O.Cl. The fourth-order valence-electron chi connectivity index (χ4n) is 2.70. The van der Waals surface area contributed by atoms with Gasteiger partial charge in [0.2, 0.25) is 5.91 Å². The smallest absolute Gasteiger partial charge is 0.219 e. The summed E-state index contributed by atoms with van der Waals surface area (Å²) >= 11 is 0. The quantitative estimate of drug-likeness (QED) is 0.177. The number of aliphatic hydroxyl groups is 2. The summed E-state index contributed by atoms with van der Waals surface area (Å²) in [6.07, 6.45) is 22.8. The summed E-state index contributed by atoms with van der Waals surface area (Å²) in [5, 5.41) is 20.8. The van der Waals surface area contributed by atoms with Gasteiger partial charge in [-0.25, -0.2) is 0 Å². The van der Waals surface area contributed by atoms with Crippen LogP contribution in [0.3, 0.4) is 0 Å². The predicted octanol–water partition coefficient (Wildman–Crippen LogP) is 5.69. The van der Waals surface area contributed by atoms with Crippen LogP contribution in [-0.4, -0.2) is 22.7 Å². The monoisotopic (exact) mass is 363 g/mol. The van der Waals surface area contributed by atoms with Crippen LogP contribution in [0.25, 0.3) is 0 Å². The second-order valence-corrected chi connectivity index (χ2v) is 6.89. The van der Waals surface area contributed by atoms with Crippen LogP contribution in [0.2, 0.25) is 0 Å². The Morgan fingerprint density at radius 3 is 1.58 bits per heavy atom. The van der Waals surface area contributed by atoms with E-state index in [4.69, 9.17) is 10.2 Å². The molecule has 3 nitrogen and oxygen atoms in total. The van der Waals surface area contributed by atoms with Gasteiger partial charge in [0.05, 0.1) is 0 Å². The molecule has 0 spiro atoms. The standard InChI is InChI=1S/C20H41NO2.ClH/c1-3-4-5-6-7-8-9-10-11-12-13-14-15-16-17-18-19-21-20(2,22)23;/h10-11,21-23H,3-9,12-19H2,1-2H3;1H/b11-10-;. The minimum absolute atomic E-state index is 0. The summed E-state index contributed by atoms with van der Waals surface area (Å²) in [5.41, 5.74) is 0. The lowest BCUT2D eigenvalue weighted by Crippen LogP contribution is -2.42. The summed E-state index contributed by atoms with van der Waals surface area (Å²) in [6.45, 7) is 4.29. The van der Waals surface area contributed by atoms with Crippen molar-refractivity contribution < 1.29 is 10.2 Å². The first-order valence-corrected chi connectivity index (χ1v) is 9.91. The van der Waals surface area contributed by atoms with E-state index < -0.39 is 5.91 Å². The minimum Gasteiger partial charge on any atom is -0.354 e. The van der Waals surface area contributed by atoms with Gasteiger partial charge < -0.3 is 10.2 Å². The van der Waals surface area contributed by atoms with E-state index in [0.717, 1.165) is 12.8 Å². The van der Waals surface area contributed by atoms with Gasteiger partial charge in [-0.05, 0) is 32.1 Å². The van der Waals surface area contributed by atoms with E-state index in [1.165, 1.54) is 84.0 Å². The lowest BCUT2D eigenvalue weighted by molar-refractivity contribution is -0.169. The minimum atomic E-state index is -1.72. The van der Waals surface area contributed by atoms with Crippen LogP contribution < -0.4 is 5.32 Å². The number of hydrogen-bond acceptors (Lipinski definition) is 3. The Labute approximate surface area is 156 Å². The molecule has 3 N–H and O–H groups in total. The number of allylic oxidation sites excluding steroid dienone is 2. The van der Waals surface area contributed by atoms with Crippen molar-refractivity contribution in [3.05, 3.63) is 12.2 Å². The number of nitrogens with one attached hydrogen (secondary N) is 1. The van der Waals surface area contributed by atoms with Crippen molar-refractivity contribution in [3.63, 3.8) is 0 Å². The molecule has 0 amide bonds. The molecule has 0 aromatic carbocycles. The molecule has 0 aliphatic carbocycles. The van der Waals surface area contributed by atoms with E-state index >= 15 is 0 Å². The first kappa shape index (κ1) is 26.1. The third kappa shape index (κ3) is 24.2. The van der Waals surface area contributed by atoms with Gasteiger partial charge in [-0.3, -0.25) is 5.32 Å². The van der Waals surface area contributed by atoms with Gasteiger partial charge in [0.15, 0.2) is 0 Å². The van der Waals surface area contributed by atoms with E-state index in [-0.39, 0.29) is 12.4 Å². The molecule has 0 heterocycles. The number of halogens is 1. The average molecular weight is 364 g/mol. The maximum Gasteiger partial charge on any atom is 0.219 e. The Kier molecular flexibility index (Phi) is 21.0. The maximum absolute atomic E-state index is 9.08. The van der Waals surface area contributed by atoms with Crippen LogP contribution in [0, 0.1) is 0 Å².